The molecule has 2 aromatic carbocycles. The van der Waals surface area contributed by atoms with Gasteiger partial charge < -0.3 is 5.73 Å². The van der Waals surface area contributed by atoms with Crippen molar-refractivity contribution in [3.05, 3.63) is 59.4 Å². The van der Waals surface area contributed by atoms with Crippen molar-refractivity contribution >= 4 is 0 Å². The molecule has 0 amide bonds. The molecule has 2 aromatic rings. The molecule has 0 spiro atoms. The van der Waals surface area contributed by atoms with Gasteiger partial charge in [0.25, 0.3) is 0 Å². The highest BCUT2D eigenvalue weighted by molar-refractivity contribution is 5.64. The van der Waals surface area contributed by atoms with Gasteiger partial charge in [-0.25, -0.2) is 13.2 Å². The van der Waals surface area contributed by atoms with Crippen molar-refractivity contribution in [1.82, 2.24) is 0 Å². The molecule has 1 unspecified atom stereocenters. The summed E-state index contributed by atoms with van der Waals surface area (Å²) in [6.07, 6.45) is 0.709. The van der Waals surface area contributed by atoms with Crippen molar-refractivity contribution in [2.75, 3.05) is 0 Å². The van der Waals surface area contributed by atoms with Crippen molar-refractivity contribution < 1.29 is 13.2 Å². The van der Waals surface area contributed by atoms with E-state index in [-0.39, 0.29) is 11.6 Å². The molecule has 0 aliphatic carbocycles. The standard InChI is InChI=1S/C15H14F3N/c1-9(19)6-10-2-4-11(5-3-10)12-7-14(17)15(18)8-13(12)16/h2-5,7-9H,6,19H2,1H3. The van der Waals surface area contributed by atoms with Crippen LogP contribution in [-0.4, -0.2) is 6.04 Å². The van der Waals surface area contributed by atoms with Crippen LogP contribution in [0, 0.1) is 17.5 Å². The van der Waals surface area contributed by atoms with E-state index in [1.54, 1.807) is 24.3 Å². The number of rotatable bonds is 3. The maximum absolute atomic E-state index is 13.6. The second-order valence-electron chi connectivity index (χ2n) is 4.62. The summed E-state index contributed by atoms with van der Waals surface area (Å²) in [6, 6.07) is 8.41. The van der Waals surface area contributed by atoms with Crippen molar-refractivity contribution in [2.24, 2.45) is 5.73 Å². The highest BCUT2D eigenvalue weighted by atomic mass is 19.2. The van der Waals surface area contributed by atoms with E-state index in [9.17, 15) is 13.2 Å². The van der Waals surface area contributed by atoms with Crippen molar-refractivity contribution in [3.8, 4) is 11.1 Å². The third-order valence-electron chi connectivity index (χ3n) is 2.83. The first-order chi connectivity index (χ1) is 8.97. The van der Waals surface area contributed by atoms with Gasteiger partial charge in [0, 0.05) is 17.7 Å². The molecule has 0 aliphatic heterocycles. The Balaban J connectivity index is 2.34. The van der Waals surface area contributed by atoms with E-state index in [0.717, 1.165) is 11.6 Å². The van der Waals surface area contributed by atoms with Crippen molar-refractivity contribution in [2.45, 2.75) is 19.4 Å². The SMILES string of the molecule is CC(N)Cc1ccc(-c2cc(F)c(F)cc2F)cc1. The van der Waals surface area contributed by atoms with Crippen LogP contribution >= 0.6 is 0 Å². The zero-order chi connectivity index (χ0) is 14.0. The average Bonchev–Trinajstić information content (AvgIpc) is 2.34. The van der Waals surface area contributed by atoms with E-state index in [0.29, 0.717) is 18.1 Å². The van der Waals surface area contributed by atoms with Gasteiger partial charge in [-0.1, -0.05) is 24.3 Å². The van der Waals surface area contributed by atoms with Crippen molar-refractivity contribution in [1.29, 1.82) is 0 Å². The second kappa shape index (κ2) is 5.45. The summed E-state index contributed by atoms with van der Waals surface area (Å²) in [7, 11) is 0. The lowest BCUT2D eigenvalue weighted by Crippen LogP contribution is -2.17. The summed E-state index contributed by atoms with van der Waals surface area (Å²) in [5, 5.41) is 0. The van der Waals surface area contributed by atoms with Gasteiger partial charge in [0.2, 0.25) is 0 Å². The lowest BCUT2D eigenvalue weighted by molar-refractivity contribution is 0.496. The summed E-state index contributed by atoms with van der Waals surface area (Å²) in [5.41, 5.74) is 7.25. The highest BCUT2D eigenvalue weighted by Gasteiger charge is 2.11. The van der Waals surface area contributed by atoms with E-state index in [1.807, 2.05) is 6.92 Å². The Hall–Kier alpha value is -1.81. The summed E-state index contributed by atoms with van der Waals surface area (Å²) in [5.74, 6) is -3.02. The predicted molar refractivity (Wildman–Crippen MR) is 69.1 cm³/mol. The molecular weight excluding hydrogens is 251 g/mol. The molecule has 19 heavy (non-hydrogen) atoms. The van der Waals surface area contributed by atoms with Crippen LogP contribution in [0.5, 0.6) is 0 Å². The molecule has 4 heteroatoms. The van der Waals surface area contributed by atoms with Crippen LogP contribution in [-0.2, 0) is 6.42 Å². The molecule has 0 aliphatic rings. The third-order valence-corrected chi connectivity index (χ3v) is 2.83. The van der Waals surface area contributed by atoms with E-state index in [2.05, 4.69) is 0 Å². The fourth-order valence-electron chi connectivity index (χ4n) is 1.94. The Kier molecular flexibility index (Phi) is 3.90. The van der Waals surface area contributed by atoms with Crippen LogP contribution in [0.25, 0.3) is 11.1 Å². The van der Waals surface area contributed by atoms with E-state index < -0.39 is 17.5 Å². The van der Waals surface area contributed by atoms with Gasteiger partial charge in [0.05, 0.1) is 0 Å². The molecule has 0 fully saturated rings. The van der Waals surface area contributed by atoms with Crippen LogP contribution in [0.4, 0.5) is 13.2 Å². The molecule has 1 atom stereocenters. The van der Waals surface area contributed by atoms with Crippen LogP contribution in [0.1, 0.15) is 12.5 Å². The normalized spacial score (nSPS) is 12.5. The number of halogens is 3. The molecule has 0 heterocycles. The maximum Gasteiger partial charge on any atom is 0.161 e. The van der Waals surface area contributed by atoms with Gasteiger partial charge in [-0.2, -0.15) is 0 Å². The van der Waals surface area contributed by atoms with E-state index >= 15 is 0 Å². The number of benzene rings is 2. The predicted octanol–water partition coefficient (Wildman–Crippen LogP) is 3.66. The number of nitrogens with two attached hydrogens (primary N) is 1. The smallest absolute Gasteiger partial charge is 0.161 e. The summed E-state index contributed by atoms with van der Waals surface area (Å²) in [6.45, 7) is 1.89. The largest absolute Gasteiger partial charge is 0.328 e. The number of hydrogen-bond acceptors (Lipinski definition) is 1. The van der Waals surface area contributed by atoms with E-state index in [1.165, 1.54) is 0 Å². The van der Waals surface area contributed by atoms with Gasteiger partial charge in [-0.15, -0.1) is 0 Å². The summed E-state index contributed by atoms with van der Waals surface area (Å²) in [4.78, 5) is 0. The van der Waals surface area contributed by atoms with Gasteiger partial charge in [-0.3, -0.25) is 0 Å². The zero-order valence-electron chi connectivity index (χ0n) is 10.5. The van der Waals surface area contributed by atoms with Crippen LogP contribution in [0.15, 0.2) is 36.4 Å². The highest BCUT2D eigenvalue weighted by Crippen LogP contribution is 2.25. The topological polar surface area (TPSA) is 26.0 Å². The molecule has 0 radical (unpaired) electrons. The Bertz CT molecular complexity index is 577. The minimum atomic E-state index is -1.19. The molecule has 2 rings (SSSR count). The van der Waals surface area contributed by atoms with Gasteiger partial charge in [0.1, 0.15) is 5.82 Å². The average molecular weight is 265 g/mol. The summed E-state index contributed by atoms with van der Waals surface area (Å²) < 4.78 is 39.6. The minimum absolute atomic E-state index is 0.0332. The first-order valence-corrected chi connectivity index (χ1v) is 5.97. The molecule has 0 saturated carbocycles. The third kappa shape index (κ3) is 3.15. The quantitative estimate of drug-likeness (QED) is 0.842. The summed E-state index contributed by atoms with van der Waals surface area (Å²) >= 11 is 0. The maximum atomic E-state index is 13.6. The van der Waals surface area contributed by atoms with Gasteiger partial charge in [-0.05, 0) is 30.5 Å². The Morgan fingerprint density at radius 3 is 2.11 bits per heavy atom. The molecule has 0 aromatic heterocycles. The van der Waals surface area contributed by atoms with Crippen molar-refractivity contribution in [3.63, 3.8) is 0 Å². The fraction of sp³-hybridized carbons (Fsp3) is 0.200. The van der Waals surface area contributed by atoms with Crippen LogP contribution in [0.2, 0.25) is 0 Å². The molecular formula is C15H14F3N. The van der Waals surface area contributed by atoms with E-state index in [4.69, 9.17) is 5.73 Å². The molecule has 2 N–H and O–H groups in total. The molecule has 0 bridgehead atoms. The minimum Gasteiger partial charge on any atom is -0.328 e. The fourth-order valence-corrected chi connectivity index (χ4v) is 1.94. The molecule has 1 nitrogen and oxygen atoms in total. The number of hydrogen-bond donors (Lipinski definition) is 1. The first kappa shape index (κ1) is 13.6. The van der Waals surface area contributed by atoms with Crippen LogP contribution in [0.3, 0.4) is 0 Å². The molecule has 100 valence electrons. The second-order valence-corrected chi connectivity index (χ2v) is 4.62. The first-order valence-electron chi connectivity index (χ1n) is 5.97. The monoisotopic (exact) mass is 265 g/mol. The Labute approximate surface area is 109 Å². The lowest BCUT2D eigenvalue weighted by Gasteiger charge is -2.08. The van der Waals surface area contributed by atoms with Gasteiger partial charge >= 0.3 is 0 Å². The van der Waals surface area contributed by atoms with Gasteiger partial charge in [0.15, 0.2) is 11.6 Å². The molecule has 0 saturated heterocycles. The Morgan fingerprint density at radius 1 is 0.947 bits per heavy atom. The Morgan fingerprint density at radius 2 is 1.53 bits per heavy atom. The zero-order valence-corrected chi connectivity index (χ0v) is 10.5. The van der Waals surface area contributed by atoms with Crippen LogP contribution < -0.4 is 5.73 Å². The lowest BCUT2D eigenvalue weighted by atomic mass is 10.0.